The highest BCUT2D eigenvalue weighted by Gasteiger charge is 2.27. The van der Waals surface area contributed by atoms with E-state index in [9.17, 15) is 22.0 Å². The number of benzene rings is 1. The van der Waals surface area contributed by atoms with E-state index < -0.39 is 37.1 Å². The molecule has 98 valence electrons. The van der Waals surface area contributed by atoms with E-state index in [2.05, 4.69) is 5.32 Å². The molecule has 4 nitrogen and oxygen atoms in total. The fourth-order valence-corrected chi connectivity index (χ4v) is 2.29. The van der Waals surface area contributed by atoms with Crippen LogP contribution in [-0.2, 0) is 9.05 Å². The van der Waals surface area contributed by atoms with Crippen LogP contribution in [0.1, 0.15) is 23.2 Å². The van der Waals surface area contributed by atoms with Crippen LogP contribution in [0.2, 0.25) is 0 Å². The molecule has 1 amide bonds. The molecule has 0 aliphatic heterocycles. The van der Waals surface area contributed by atoms with Crippen molar-refractivity contribution in [2.75, 3.05) is 0 Å². The molecule has 1 aliphatic carbocycles. The summed E-state index contributed by atoms with van der Waals surface area (Å²) in [7, 11) is 0.620. The van der Waals surface area contributed by atoms with Gasteiger partial charge in [-0.2, -0.15) is 0 Å². The maximum atomic E-state index is 13.4. The number of hydrogen-bond acceptors (Lipinski definition) is 3. The normalized spacial score (nSPS) is 15.5. The Hall–Kier alpha value is -1.21. The lowest BCUT2D eigenvalue weighted by atomic mass is 10.2. The maximum absolute atomic E-state index is 13.4. The van der Waals surface area contributed by atoms with Crippen LogP contribution in [0.25, 0.3) is 0 Å². The summed E-state index contributed by atoms with van der Waals surface area (Å²) in [6.07, 6.45) is 1.57. The van der Waals surface area contributed by atoms with E-state index in [0.717, 1.165) is 12.8 Å². The predicted molar refractivity (Wildman–Crippen MR) is 59.9 cm³/mol. The summed E-state index contributed by atoms with van der Waals surface area (Å²) < 4.78 is 48.7. The first-order valence-electron chi connectivity index (χ1n) is 5.03. The lowest BCUT2D eigenvalue weighted by molar-refractivity contribution is 0.0946. The average molecular weight is 296 g/mol. The Balaban J connectivity index is 2.43. The quantitative estimate of drug-likeness (QED) is 0.865. The molecule has 0 aromatic heterocycles. The van der Waals surface area contributed by atoms with Gasteiger partial charge in [-0.15, -0.1) is 0 Å². The number of nitrogens with one attached hydrogen (secondary N) is 1. The molecule has 18 heavy (non-hydrogen) atoms. The smallest absolute Gasteiger partial charge is 0.264 e. The largest absolute Gasteiger partial charge is 0.349 e. The van der Waals surface area contributed by atoms with Gasteiger partial charge in [0.25, 0.3) is 15.0 Å². The highest BCUT2D eigenvalue weighted by Crippen LogP contribution is 2.24. The molecular formula is C10H8ClF2NO3S. The number of amides is 1. The standard InChI is InChI=1S/C10H8ClF2NO3S/c11-18(16,17)9-3-6(7(12)4-8(9)13)10(15)14-5-1-2-5/h3-5H,1-2H2,(H,14,15). The van der Waals surface area contributed by atoms with Crippen LogP contribution in [0.5, 0.6) is 0 Å². The summed E-state index contributed by atoms with van der Waals surface area (Å²) in [6.45, 7) is 0. The third-order valence-corrected chi connectivity index (χ3v) is 3.78. The van der Waals surface area contributed by atoms with Gasteiger partial charge in [0.1, 0.15) is 16.5 Å². The van der Waals surface area contributed by atoms with E-state index in [4.69, 9.17) is 10.7 Å². The fraction of sp³-hybridized carbons (Fsp3) is 0.300. The number of rotatable bonds is 3. The van der Waals surface area contributed by atoms with Crippen molar-refractivity contribution in [1.82, 2.24) is 5.32 Å². The van der Waals surface area contributed by atoms with E-state index in [0.29, 0.717) is 12.1 Å². The minimum atomic E-state index is -4.37. The van der Waals surface area contributed by atoms with Gasteiger partial charge in [0.2, 0.25) is 0 Å². The highest BCUT2D eigenvalue weighted by atomic mass is 35.7. The molecule has 0 atom stereocenters. The predicted octanol–water partition coefficient (Wildman–Crippen LogP) is 1.78. The van der Waals surface area contributed by atoms with E-state index in [1.165, 1.54) is 0 Å². The Morgan fingerprint density at radius 2 is 1.89 bits per heavy atom. The van der Waals surface area contributed by atoms with Gasteiger partial charge in [-0.1, -0.05) is 0 Å². The van der Waals surface area contributed by atoms with Crippen molar-refractivity contribution in [1.29, 1.82) is 0 Å². The van der Waals surface area contributed by atoms with Crippen molar-refractivity contribution in [3.63, 3.8) is 0 Å². The average Bonchev–Trinajstić information content (AvgIpc) is 2.99. The Kier molecular flexibility index (Phi) is 3.29. The van der Waals surface area contributed by atoms with Crippen molar-refractivity contribution < 1.29 is 22.0 Å². The molecule has 1 N–H and O–H groups in total. The fourth-order valence-electron chi connectivity index (χ4n) is 1.38. The van der Waals surface area contributed by atoms with Crippen LogP contribution >= 0.6 is 10.7 Å². The van der Waals surface area contributed by atoms with Gasteiger partial charge in [0.15, 0.2) is 0 Å². The summed E-state index contributed by atoms with van der Waals surface area (Å²) in [5, 5.41) is 2.47. The minimum Gasteiger partial charge on any atom is -0.349 e. The first-order valence-corrected chi connectivity index (χ1v) is 7.34. The second-order valence-electron chi connectivity index (χ2n) is 3.95. The zero-order chi connectivity index (χ0) is 13.5. The molecular weight excluding hydrogens is 288 g/mol. The molecule has 2 rings (SSSR count). The summed E-state index contributed by atoms with van der Waals surface area (Å²) >= 11 is 0. The van der Waals surface area contributed by atoms with Gasteiger partial charge in [-0.05, 0) is 18.9 Å². The van der Waals surface area contributed by atoms with E-state index in [-0.39, 0.29) is 6.04 Å². The van der Waals surface area contributed by atoms with E-state index >= 15 is 0 Å². The highest BCUT2D eigenvalue weighted by molar-refractivity contribution is 8.13. The molecule has 1 aromatic carbocycles. The van der Waals surface area contributed by atoms with Crippen LogP contribution in [0.4, 0.5) is 8.78 Å². The zero-order valence-electron chi connectivity index (χ0n) is 8.91. The van der Waals surface area contributed by atoms with Crippen LogP contribution in [-0.4, -0.2) is 20.4 Å². The molecule has 0 unspecified atom stereocenters. The minimum absolute atomic E-state index is 0.0296. The van der Waals surface area contributed by atoms with Crippen LogP contribution in [0, 0.1) is 11.6 Å². The number of carbonyl (C=O) groups is 1. The third-order valence-electron chi connectivity index (χ3n) is 2.44. The van der Waals surface area contributed by atoms with Crippen LogP contribution in [0.15, 0.2) is 17.0 Å². The zero-order valence-corrected chi connectivity index (χ0v) is 10.5. The topological polar surface area (TPSA) is 63.2 Å². The summed E-state index contributed by atoms with van der Waals surface area (Å²) in [4.78, 5) is 10.7. The Labute approximate surface area is 106 Å². The number of carbonyl (C=O) groups excluding carboxylic acids is 1. The molecule has 1 fully saturated rings. The molecule has 1 saturated carbocycles. The molecule has 0 heterocycles. The number of halogens is 3. The molecule has 8 heteroatoms. The monoisotopic (exact) mass is 295 g/mol. The second kappa shape index (κ2) is 4.47. The first kappa shape index (κ1) is 13.2. The van der Waals surface area contributed by atoms with Crippen molar-refractivity contribution in [2.24, 2.45) is 0 Å². The molecule has 0 bridgehead atoms. The van der Waals surface area contributed by atoms with Gasteiger partial charge >= 0.3 is 0 Å². The third kappa shape index (κ3) is 2.78. The molecule has 0 radical (unpaired) electrons. The Morgan fingerprint density at radius 3 is 2.39 bits per heavy atom. The van der Waals surface area contributed by atoms with E-state index in [1.54, 1.807) is 0 Å². The summed E-state index contributed by atoms with van der Waals surface area (Å²) in [5.74, 6) is -3.24. The molecule has 1 aromatic rings. The lowest BCUT2D eigenvalue weighted by Crippen LogP contribution is -2.26. The number of hydrogen-bond donors (Lipinski definition) is 1. The van der Waals surface area contributed by atoms with Crippen molar-refractivity contribution >= 4 is 25.6 Å². The molecule has 0 saturated heterocycles. The van der Waals surface area contributed by atoms with Gasteiger partial charge in [0.05, 0.1) is 5.56 Å². The van der Waals surface area contributed by atoms with Gasteiger partial charge in [-0.25, -0.2) is 17.2 Å². The Morgan fingerprint density at radius 1 is 1.28 bits per heavy atom. The summed E-state index contributed by atoms with van der Waals surface area (Å²) in [5.41, 5.74) is -0.539. The van der Waals surface area contributed by atoms with Gasteiger partial charge in [-0.3, -0.25) is 4.79 Å². The Bertz CT molecular complexity index is 614. The van der Waals surface area contributed by atoms with Gasteiger partial charge in [0, 0.05) is 22.8 Å². The van der Waals surface area contributed by atoms with Crippen molar-refractivity contribution in [3.8, 4) is 0 Å². The van der Waals surface area contributed by atoms with Crippen LogP contribution < -0.4 is 5.32 Å². The second-order valence-corrected chi connectivity index (χ2v) is 6.48. The van der Waals surface area contributed by atoms with E-state index in [1.807, 2.05) is 0 Å². The van der Waals surface area contributed by atoms with Crippen LogP contribution in [0.3, 0.4) is 0 Å². The maximum Gasteiger partial charge on any atom is 0.264 e. The molecule has 0 spiro atoms. The van der Waals surface area contributed by atoms with Crippen molar-refractivity contribution in [3.05, 3.63) is 29.3 Å². The SMILES string of the molecule is O=C(NC1CC1)c1cc(S(=O)(=O)Cl)c(F)cc1F. The molecule has 1 aliphatic rings. The summed E-state index contributed by atoms with van der Waals surface area (Å²) in [6, 6.07) is 0.903. The first-order chi connectivity index (χ1) is 8.29. The van der Waals surface area contributed by atoms with Gasteiger partial charge < -0.3 is 5.32 Å². The van der Waals surface area contributed by atoms with Crippen molar-refractivity contribution in [2.45, 2.75) is 23.8 Å². The lowest BCUT2D eigenvalue weighted by Gasteiger charge is -2.07.